The van der Waals surface area contributed by atoms with Gasteiger partial charge in [-0.25, -0.2) is 19.9 Å². The quantitative estimate of drug-likeness (QED) is 0.525. The van der Waals surface area contributed by atoms with Gasteiger partial charge in [-0.2, -0.15) is 13.2 Å². The lowest BCUT2D eigenvalue weighted by molar-refractivity contribution is -0.137. The van der Waals surface area contributed by atoms with Crippen LogP contribution in [0.1, 0.15) is 11.8 Å². The fourth-order valence-electron chi connectivity index (χ4n) is 2.95. The summed E-state index contributed by atoms with van der Waals surface area (Å²) in [6.45, 7) is 0. The van der Waals surface area contributed by atoms with E-state index < -0.39 is 36.3 Å². The number of nitrogens with two attached hydrogens (primary N) is 1. The first-order valence-electron chi connectivity index (χ1n) is 8.36. The number of hydrogen-bond donors (Lipinski definition) is 3. The summed E-state index contributed by atoms with van der Waals surface area (Å²) in [6, 6.07) is 2.17. The predicted molar refractivity (Wildman–Crippen MR) is 95.6 cm³/mol. The molecule has 0 spiro atoms. The van der Waals surface area contributed by atoms with Crippen molar-refractivity contribution in [3.63, 3.8) is 0 Å². The van der Waals surface area contributed by atoms with Crippen molar-refractivity contribution < 1.29 is 28.1 Å². The molecule has 29 heavy (non-hydrogen) atoms. The van der Waals surface area contributed by atoms with E-state index in [1.807, 2.05) is 0 Å². The van der Waals surface area contributed by atoms with Crippen LogP contribution in [0.4, 0.5) is 19.0 Å². The van der Waals surface area contributed by atoms with Crippen LogP contribution in [-0.2, 0) is 10.9 Å². The number of thioether (sulfide) groups is 1. The van der Waals surface area contributed by atoms with E-state index in [0.29, 0.717) is 16.2 Å². The van der Waals surface area contributed by atoms with Crippen LogP contribution in [0.2, 0.25) is 0 Å². The molecule has 13 heteroatoms. The molecule has 1 aliphatic rings. The Balaban J connectivity index is 1.47. The van der Waals surface area contributed by atoms with Crippen LogP contribution < -0.4 is 5.73 Å². The Kier molecular flexibility index (Phi) is 5.06. The van der Waals surface area contributed by atoms with Crippen LogP contribution in [-0.4, -0.2) is 58.8 Å². The first-order valence-corrected chi connectivity index (χ1v) is 9.35. The average Bonchev–Trinajstić information content (AvgIpc) is 3.23. The molecule has 0 aliphatic carbocycles. The zero-order valence-electron chi connectivity index (χ0n) is 14.6. The number of imidazole rings is 1. The van der Waals surface area contributed by atoms with E-state index in [1.165, 1.54) is 23.3 Å². The molecule has 0 amide bonds. The maximum Gasteiger partial charge on any atom is 0.417 e. The van der Waals surface area contributed by atoms with Crippen molar-refractivity contribution >= 4 is 28.7 Å². The summed E-state index contributed by atoms with van der Waals surface area (Å²) in [5.41, 5.74) is 5.58. The molecule has 4 heterocycles. The molecule has 4 atom stereocenters. The van der Waals surface area contributed by atoms with Crippen molar-refractivity contribution in [3.05, 3.63) is 36.5 Å². The fraction of sp³-hybridized carbons (Fsp3) is 0.375. The number of aromatic nitrogens is 5. The third-order valence-electron chi connectivity index (χ3n) is 4.46. The van der Waals surface area contributed by atoms with Gasteiger partial charge in [0.2, 0.25) is 0 Å². The molecule has 1 aliphatic heterocycles. The van der Waals surface area contributed by atoms with Gasteiger partial charge >= 0.3 is 6.18 Å². The zero-order valence-corrected chi connectivity index (χ0v) is 15.4. The molecular formula is C16H15F3N6O3S. The van der Waals surface area contributed by atoms with Crippen molar-refractivity contribution in [3.8, 4) is 0 Å². The van der Waals surface area contributed by atoms with Crippen molar-refractivity contribution in [1.29, 1.82) is 0 Å². The number of anilines is 1. The minimum atomic E-state index is -4.46. The van der Waals surface area contributed by atoms with Crippen molar-refractivity contribution in [2.24, 2.45) is 0 Å². The van der Waals surface area contributed by atoms with Gasteiger partial charge in [0.15, 0.2) is 17.7 Å². The Morgan fingerprint density at radius 2 is 1.93 bits per heavy atom. The highest BCUT2D eigenvalue weighted by Gasteiger charge is 2.44. The second-order valence-electron chi connectivity index (χ2n) is 6.32. The molecule has 0 aromatic carbocycles. The average molecular weight is 428 g/mol. The molecule has 0 bridgehead atoms. The number of nitrogen functional groups attached to an aromatic ring is 1. The van der Waals surface area contributed by atoms with Gasteiger partial charge in [0, 0.05) is 11.9 Å². The van der Waals surface area contributed by atoms with E-state index in [2.05, 4.69) is 19.9 Å². The number of fused-ring (bicyclic) bond motifs is 1. The van der Waals surface area contributed by atoms with Crippen LogP contribution >= 0.6 is 11.8 Å². The van der Waals surface area contributed by atoms with Gasteiger partial charge in [0.1, 0.15) is 24.1 Å². The van der Waals surface area contributed by atoms with E-state index in [9.17, 15) is 23.4 Å². The highest BCUT2D eigenvalue weighted by atomic mass is 32.2. The molecule has 0 saturated carbocycles. The van der Waals surface area contributed by atoms with E-state index >= 15 is 0 Å². The standard InChI is InChI=1S/C16H15F3N6O3S/c17-16(18,19)7-1-2-9(21-3-7)29-4-8-11(26)12(27)15(28-8)25-6-24-10-13(20)22-5-23-14(10)25/h1-3,5-6,8,11-12,15,26-27H,4H2,(H2,20,22,23)/t8-,11-,12-,15-/m1/s1. The summed E-state index contributed by atoms with van der Waals surface area (Å²) in [5, 5.41) is 21.1. The molecule has 3 aromatic heterocycles. The summed E-state index contributed by atoms with van der Waals surface area (Å²) in [7, 11) is 0. The summed E-state index contributed by atoms with van der Waals surface area (Å²) in [5.74, 6) is 0.332. The van der Waals surface area contributed by atoms with Gasteiger partial charge in [-0.05, 0) is 12.1 Å². The van der Waals surface area contributed by atoms with Gasteiger partial charge in [-0.1, -0.05) is 0 Å². The molecular weight excluding hydrogens is 413 g/mol. The monoisotopic (exact) mass is 428 g/mol. The Morgan fingerprint density at radius 1 is 1.14 bits per heavy atom. The SMILES string of the molecule is Nc1ncnc2c1ncn2[C@@H]1O[C@H](CSc2ccc(C(F)(F)F)cn2)[C@@H](O)[C@H]1O. The molecule has 1 saturated heterocycles. The lowest BCUT2D eigenvalue weighted by Gasteiger charge is -2.16. The summed E-state index contributed by atoms with van der Waals surface area (Å²) in [4.78, 5) is 15.8. The Hall–Kier alpha value is -2.48. The predicted octanol–water partition coefficient (Wildman–Crippen LogP) is 1.23. The molecule has 0 unspecified atom stereocenters. The number of aliphatic hydroxyl groups excluding tert-OH is 2. The first kappa shape index (κ1) is 19.8. The minimum absolute atomic E-state index is 0.164. The number of halogens is 3. The summed E-state index contributed by atoms with van der Waals surface area (Å²) < 4.78 is 45.0. The third kappa shape index (κ3) is 3.73. The minimum Gasteiger partial charge on any atom is -0.387 e. The van der Waals surface area contributed by atoms with Gasteiger partial charge in [0.05, 0.1) is 23.0 Å². The molecule has 3 aromatic rings. The van der Waals surface area contributed by atoms with E-state index in [0.717, 1.165) is 24.0 Å². The third-order valence-corrected chi connectivity index (χ3v) is 5.49. The normalized spacial score (nSPS) is 25.0. The Bertz CT molecular complexity index is 1020. The maximum atomic E-state index is 12.6. The largest absolute Gasteiger partial charge is 0.417 e. The lowest BCUT2D eigenvalue weighted by atomic mass is 10.1. The van der Waals surface area contributed by atoms with E-state index in [4.69, 9.17) is 10.5 Å². The number of hydrogen-bond acceptors (Lipinski definition) is 9. The molecule has 0 radical (unpaired) electrons. The van der Waals surface area contributed by atoms with Gasteiger partial charge in [0.25, 0.3) is 0 Å². The van der Waals surface area contributed by atoms with Gasteiger partial charge in [-0.3, -0.25) is 4.57 Å². The summed E-state index contributed by atoms with van der Waals surface area (Å²) >= 11 is 1.10. The molecule has 9 nitrogen and oxygen atoms in total. The highest BCUT2D eigenvalue weighted by molar-refractivity contribution is 7.99. The zero-order chi connectivity index (χ0) is 20.8. The number of aliphatic hydroxyl groups is 2. The summed E-state index contributed by atoms with van der Waals surface area (Å²) in [6.07, 6.45) is -5.34. The first-order chi connectivity index (χ1) is 13.8. The van der Waals surface area contributed by atoms with Crippen LogP contribution in [0.25, 0.3) is 11.2 Å². The van der Waals surface area contributed by atoms with Crippen LogP contribution in [0.3, 0.4) is 0 Å². The van der Waals surface area contributed by atoms with E-state index in [1.54, 1.807) is 0 Å². The van der Waals surface area contributed by atoms with Gasteiger partial charge in [-0.15, -0.1) is 11.8 Å². The second-order valence-corrected chi connectivity index (χ2v) is 7.36. The maximum absolute atomic E-state index is 12.6. The molecule has 4 rings (SSSR count). The van der Waals surface area contributed by atoms with Crippen molar-refractivity contribution in [1.82, 2.24) is 24.5 Å². The van der Waals surface area contributed by atoms with Crippen LogP contribution in [0.5, 0.6) is 0 Å². The number of nitrogens with zero attached hydrogens (tertiary/aromatic N) is 5. The topological polar surface area (TPSA) is 132 Å². The lowest BCUT2D eigenvalue weighted by Crippen LogP contribution is -2.32. The van der Waals surface area contributed by atoms with Crippen molar-refractivity contribution in [2.45, 2.75) is 35.7 Å². The number of rotatable bonds is 4. The number of ether oxygens (including phenoxy) is 1. The number of alkyl halides is 3. The van der Waals surface area contributed by atoms with Crippen LogP contribution in [0.15, 0.2) is 36.0 Å². The van der Waals surface area contributed by atoms with Crippen molar-refractivity contribution in [2.75, 3.05) is 11.5 Å². The molecule has 154 valence electrons. The van der Waals surface area contributed by atoms with Crippen LogP contribution in [0, 0.1) is 0 Å². The smallest absolute Gasteiger partial charge is 0.387 e. The number of pyridine rings is 1. The molecule has 4 N–H and O–H groups in total. The second kappa shape index (κ2) is 7.40. The Labute approximate surface area is 165 Å². The Morgan fingerprint density at radius 3 is 2.62 bits per heavy atom. The highest BCUT2D eigenvalue weighted by Crippen LogP contribution is 2.35. The van der Waals surface area contributed by atoms with Gasteiger partial charge < -0.3 is 20.7 Å². The molecule has 1 fully saturated rings. The van der Waals surface area contributed by atoms with E-state index in [-0.39, 0.29) is 11.6 Å². The fourth-order valence-corrected chi connectivity index (χ4v) is 3.86.